The molecule has 0 saturated carbocycles. The van der Waals surface area contributed by atoms with Gasteiger partial charge in [-0.2, -0.15) is 27.2 Å². The summed E-state index contributed by atoms with van der Waals surface area (Å²) in [5, 5.41) is 8.51. The zero-order valence-electron chi connectivity index (χ0n) is 9.18. The van der Waals surface area contributed by atoms with Crippen LogP contribution in [0.25, 0.3) is 0 Å². The standard InChI is InChI=1S/C11H8F5NS/c1-18-9-6-8(3-2-7(9)4-5-17)10(12,13)11(14,15)16/h2-3,6H,4H2,1H3. The maximum Gasteiger partial charge on any atom is 0.458 e. The molecule has 7 heteroatoms. The van der Waals surface area contributed by atoms with Crippen LogP contribution in [0.5, 0.6) is 0 Å². The predicted octanol–water partition coefficient (Wildman–Crippen LogP) is 4.13. The van der Waals surface area contributed by atoms with E-state index in [-0.39, 0.29) is 11.3 Å². The minimum atomic E-state index is -5.63. The fourth-order valence-electron chi connectivity index (χ4n) is 1.33. The van der Waals surface area contributed by atoms with Gasteiger partial charge in [0.25, 0.3) is 0 Å². The highest BCUT2D eigenvalue weighted by molar-refractivity contribution is 7.98. The number of hydrogen-bond acceptors (Lipinski definition) is 2. The van der Waals surface area contributed by atoms with Crippen LogP contribution in [0.1, 0.15) is 11.1 Å². The van der Waals surface area contributed by atoms with Gasteiger partial charge in [-0.3, -0.25) is 0 Å². The SMILES string of the molecule is CSc1cc(C(F)(F)C(F)(F)F)ccc1CC#N. The molecule has 0 aliphatic heterocycles. The van der Waals surface area contributed by atoms with E-state index in [2.05, 4.69) is 0 Å². The number of nitrogens with zero attached hydrogens (tertiary/aromatic N) is 1. The zero-order valence-corrected chi connectivity index (χ0v) is 10.0. The molecule has 18 heavy (non-hydrogen) atoms. The van der Waals surface area contributed by atoms with Gasteiger partial charge in [-0.25, -0.2) is 0 Å². The van der Waals surface area contributed by atoms with E-state index < -0.39 is 17.7 Å². The minimum Gasteiger partial charge on any atom is -0.198 e. The molecule has 0 radical (unpaired) electrons. The van der Waals surface area contributed by atoms with Crippen molar-refractivity contribution < 1.29 is 22.0 Å². The smallest absolute Gasteiger partial charge is 0.198 e. The van der Waals surface area contributed by atoms with Crippen LogP contribution in [0.3, 0.4) is 0 Å². The van der Waals surface area contributed by atoms with Crippen LogP contribution >= 0.6 is 11.8 Å². The molecule has 0 N–H and O–H groups in total. The Hall–Kier alpha value is -1.29. The summed E-state index contributed by atoms with van der Waals surface area (Å²) in [6.07, 6.45) is -4.11. The summed E-state index contributed by atoms with van der Waals surface area (Å²) in [4.78, 5) is 0.248. The molecule has 1 aromatic rings. The van der Waals surface area contributed by atoms with Crippen molar-refractivity contribution in [2.45, 2.75) is 23.4 Å². The maximum absolute atomic E-state index is 13.1. The van der Waals surface area contributed by atoms with E-state index in [0.29, 0.717) is 11.6 Å². The average molecular weight is 281 g/mol. The Bertz CT molecular complexity index is 475. The molecule has 0 aromatic heterocycles. The molecule has 1 aromatic carbocycles. The van der Waals surface area contributed by atoms with Crippen molar-refractivity contribution in [1.82, 2.24) is 0 Å². The van der Waals surface area contributed by atoms with Gasteiger partial charge >= 0.3 is 12.1 Å². The molecule has 0 saturated heterocycles. The van der Waals surface area contributed by atoms with E-state index in [4.69, 9.17) is 5.26 Å². The molecule has 98 valence electrons. The zero-order chi connectivity index (χ0) is 14.0. The van der Waals surface area contributed by atoms with Gasteiger partial charge < -0.3 is 0 Å². The third-order valence-corrected chi connectivity index (χ3v) is 3.10. The maximum atomic E-state index is 13.1. The number of benzene rings is 1. The monoisotopic (exact) mass is 281 g/mol. The van der Waals surface area contributed by atoms with Crippen LogP contribution in [0.4, 0.5) is 22.0 Å². The Kier molecular flexibility index (Phi) is 4.22. The number of alkyl halides is 5. The third-order valence-electron chi connectivity index (χ3n) is 2.28. The second-order valence-corrected chi connectivity index (χ2v) is 4.28. The van der Waals surface area contributed by atoms with Gasteiger partial charge in [-0.1, -0.05) is 12.1 Å². The van der Waals surface area contributed by atoms with Crippen LogP contribution in [0, 0.1) is 11.3 Å². The number of hydrogen-bond donors (Lipinski definition) is 0. The van der Waals surface area contributed by atoms with E-state index in [1.807, 2.05) is 6.07 Å². The van der Waals surface area contributed by atoms with Crippen molar-refractivity contribution in [3.63, 3.8) is 0 Å². The summed E-state index contributed by atoms with van der Waals surface area (Å²) >= 11 is 1.02. The molecule has 0 bridgehead atoms. The fourth-order valence-corrected chi connectivity index (χ4v) is 1.98. The first-order valence-electron chi connectivity index (χ1n) is 4.73. The normalized spacial score (nSPS) is 12.3. The molecule has 0 aliphatic carbocycles. The Labute approximate surface area is 105 Å². The van der Waals surface area contributed by atoms with Gasteiger partial charge in [0.1, 0.15) is 0 Å². The van der Waals surface area contributed by atoms with Crippen molar-refractivity contribution in [3.8, 4) is 6.07 Å². The van der Waals surface area contributed by atoms with Crippen molar-refractivity contribution in [1.29, 1.82) is 5.26 Å². The molecule has 0 amide bonds. The average Bonchev–Trinajstić information content (AvgIpc) is 2.28. The molecule has 0 heterocycles. The number of thioether (sulfide) groups is 1. The first-order valence-corrected chi connectivity index (χ1v) is 5.95. The first kappa shape index (κ1) is 14.8. The highest BCUT2D eigenvalue weighted by Crippen LogP contribution is 2.44. The summed E-state index contributed by atoms with van der Waals surface area (Å²) in [5.74, 6) is -4.89. The van der Waals surface area contributed by atoms with Crippen molar-refractivity contribution in [3.05, 3.63) is 29.3 Å². The van der Waals surface area contributed by atoms with E-state index in [0.717, 1.165) is 23.9 Å². The van der Waals surface area contributed by atoms with Crippen molar-refractivity contribution >= 4 is 11.8 Å². The summed E-state index contributed by atoms with van der Waals surface area (Å²) in [6.45, 7) is 0. The van der Waals surface area contributed by atoms with E-state index in [9.17, 15) is 22.0 Å². The van der Waals surface area contributed by atoms with Crippen LogP contribution < -0.4 is 0 Å². The Morgan fingerprint density at radius 1 is 1.22 bits per heavy atom. The molecule has 0 fully saturated rings. The molecule has 0 aliphatic rings. The molecule has 0 spiro atoms. The second-order valence-electron chi connectivity index (χ2n) is 3.43. The Balaban J connectivity index is 3.26. The predicted molar refractivity (Wildman–Crippen MR) is 57.5 cm³/mol. The summed E-state index contributed by atoms with van der Waals surface area (Å²) < 4.78 is 62.8. The molecule has 1 nitrogen and oxygen atoms in total. The molecule has 1 rings (SSSR count). The van der Waals surface area contributed by atoms with E-state index in [1.54, 1.807) is 6.26 Å². The molecule has 0 unspecified atom stereocenters. The van der Waals surface area contributed by atoms with Crippen molar-refractivity contribution in [2.75, 3.05) is 6.26 Å². The van der Waals surface area contributed by atoms with Crippen LogP contribution in [0.15, 0.2) is 23.1 Å². The lowest BCUT2D eigenvalue weighted by atomic mass is 10.0. The lowest BCUT2D eigenvalue weighted by Gasteiger charge is -2.20. The minimum absolute atomic E-state index is 0.0337. The lowest BCUT2D eigenvalue weighted by Crippen LogP contribution is -2.33. The van der Waals surface area contributed by atoms with Crippen LogP contribution in [0.2, 0.25) is 0 Å². The molecular weight excluding hydrogens is 273 g/mol. The first-order chi connectivity index (χ1) is 8.24. The van der Waals surface area contributed by atoms with E-state index >= 15 is 0 Å². The largest absolute Gasteiger partial charge is 0.458 e. The lowest BCUT2D eigenvalue weighted by molar-refractivity contribution is -0.289. The third kappa shape index (κ3) is 2.75. The summed E-state index contributed by atoms with van der Waals surface area (Å²) in [6, 6.07) is 4.44. The van der Waals surface area contributed by atoms with Gasteiger partial charge in [0.15, 0.2) is 0 Å². The topological polar surface area (TPSA) is 23.8 Å². The second kappa shape index (κ2) is 5.14. The quantitative estimate of drug-likeness (QED) is 0.614. The van der Waals surface area contributed by atoms with Crippen LogP contribution in [-0.4, -0.2) is 12.4 Å². The van der Waals surface area contributed by atoms with Gasteiger partial charge in [0.2, 0.25) is 0 Å². The summed E-state index contributed by atoms with van der Waals surface area (Å²) in [5.41, 5.74) is -0.673. The highest BCUT2D eigenvalue weighted by atomic mass is 32.2. The Morgan fingerprint density at radius 2 is 1.83 bits per heavy atom. The summed E-state index contributed by atoms with van der Waals surface area (Å²) in [7, 11) is 0. The van der Waals surface area contributed by atoms with Gasteiger partial charge in [0, 0.05) is 10.5 Å². The van der Waals surface area contributed by atoms with Gasteiger partial charge in [0.05, 0.1) is 12.5 Å². The molecular formula is C11H8F5NS. The Morgan fingerprint density at radius 3 is 2.28 bits per heavy atom. The fraction of sp³-hybridized carbons (Fsp3) is 0.364. The van der Waals surface area contributed by atoms with E-state index in [1.165, 1.54) is 0 Å². The van der Waals surface area contributed by atoms with Crippen molar-refractivity contribution in [2.24, 2.45) is 0 Å². The van der Waals surface area contributed by atoms with Gasteiger partial charge in [-0.05, 0) is 17.9 Å². The molecule has 0 atom stereocenters. The number of halogens is 5. The highest BCUT2D eigenvalue weighted by Gasteiger charge is 2.58. The number of nitriles is 1. The van der Waals surface area contributed by atoms with Gasteiger partial charge in [-0.15, -0.1) is 11.8 Å². The van der Waals surface area contributed by atoms with Crippen LogP contribution in [-0.2, 0) is 12.3 Å². The number of rotatable bonds is 3.